The van der Waals surface area contributed by atoms with Crippen LogP contribution in [0.4, 0.5) is 0 Å². The Hall–Kier alpha value is -0.640. The van der Waals surface area contributed by atoms with E-state index in [1.807, 2.05) is 0 Å². The minimum absolute atomic E-state index is 0.248. The van der Waals surface area contributed by atoms with E-state index < -0.39 is 5.54 Å². The summed E-state index contributed by atoms with van der Waals surface area (Å²) in [4.78, 5) is 11.0. The zero-order valence-electron chi connectivity index (χ0n) is 12.0. The molecule has 18 heavy (non-hydrogen) atoms. The minimum atomic E-state index is -1.08. The lowest BCUT2D eigenvalue weighted by Gasteiger charge is -2.23. The van der Waals surface area contributed by atoms with E-state index in [0.29, 0.717) is 12.8 Å². The second-order valence-electron chi connectivity index (χ2n) is 5.26. The third-order valence-corrected chi connectivity index (χ3v) is 3.67. The molecule has 0 heterocycles. The van der Waals surface area contributed by atoms with Crippen LogP contribution in [0.3, 0.4) is 0 Å². The third-order valence-electron chi connectivity index (χ3n) is 3.67. The second-order valence-corrected chi connectivity index (χ2v) is 5.26. The molecule has 0 amide bonds. The van der Waals surface area contributed by atoms with Gasteiger partial charge in [-0.3, -0.25) is 10.1 Å². The van der Waals surface area contributed by atoms with Crippen molar-refractivity contribution >= 4 is 0 Å². The Bertz CT molecular complexity index is 221. The lowest BCUT2D eigenvalue weighted by atomic mass is 9.88. The Labute approximate surface area is 111 Å². The van der Waals surface area contributed by atoms with Gasteiger partial charge in [0.25, 0.3) is 0 Å². The molecule has 4 heteroatoms. The topological polar surface area (TPSA) is 63.4 Å². The van der Waals surface area contributed by atoms with Crippen molar-refractivity contribution in [3.05, 3.63) is 10.1 Å². The number of rotatable bonds is 12. The van der Waals surface area contributed by atoms with Gasteiger partial charge in [-0.2, -0.15) is 0 Å². The van der Waals surface area contributed by atoms with Crippen LogP contribution < -0.4 is 0 Å². The van der Waals surface area contributed by atoms with Crippen molar-refractivity contribution in [3.63, 3.8) is 0 Å². The van der Waals surface area contributed by atoms with Gasteiger partial charge >= 0.3 is 0 Å². The van der Waals surface area contributed by atoms with E-state index in [4.69, 9.17) is 0 Å². The zero-order valence-corrected chi connectivity index (χ0v) is 12.0. The predicted octanol–water partition coefficient (Wildman–Crippen LogP) is 3.94. The number of aliphatic hydroxyl groups is 1. The molecule has 0 rings (SSSR count). The van der Waals surface area contributed by atoms with Crippen molar-refractivity contribution < 1.29 is 10.0 Å². The highest BCUT2D eigenvalue weighted by atomic mass is 16.6. The number of aliphatic hydroxyl groups excluding tert-OH is 1. The summed E-state index contributed by atoms with van der Waals surface area (Å²) < 4.78 is 0. The smallest absolute Gasteiger partial charge is 0.244 e. The first-order valence-electron chi connectivity index (χ1n) is 7.38. The molecule has 0 bridgehead atoms. The molecule has 1 unspecified atom stereocenters. The summed E-state index contributed by atoms with van der Waals surface area (Å²) in [5.41, 5.74) is -1.08. The molecule has 0 aromatic heterocycles. The van der Waals surface area contributed by atoms with E-state index in [-0.39, 0.29) is 11.5 Å². The molecule has 0 saturated carbocycles. The van der Waals surface area contributed by atoms with Gasteiger partial charge in [0.1, 0.15) is 6.61 Å². The summed E-state index contributed by atoms with van der Waals surface area (Å²) in [6.45, 7) is 3.91. The molecule has 1 N–H and O–H groups in total. The van der Waals surface area contributed by atoms with E-state index in [0.717, 1.165) is 38.5 Å². The molecule has 0 aliphatic rings. The predicted molar refractivity (Wildman–Crippen MR) is 74.3 cm³/mol. The summed E-state index contributed by atoms with van der Waals surface area (Å²) in [5, 5.41) is 20.6. The van der Waals surface area contributed by atoms with Crippen molar-refractivity contribution in [2.45, 2.75) is 83.6 Å². The molecule has 0 aliphatic carbocycles. The maximum absolute atomic E-state index is 11.2. The first-order chi connectivity index (χ1) is 8.63. The molecule has 0 aromatic carbocycles. The van der Waals surface area contributed by atoms with Crippen LogP contribution in [0.15, 0.2) is 0 Å². The summed E-state index contributed by atoms with van der Waals surface area (Å²) >= 11 is 0. The van der Waals surface area contributed by atoms with Gasteiger partial charge in [0.2, 0.25) is 5.54 Å². The fraction of sp³-hybridized carbons (Fsp3) is 1.00. The SMILES string of the molecule is CCCCCCCC(CO)(CCCCC)[N+](=O)[O-]. The van der Waals surface area contributed by atoms with Crippen LogP contribution in [0, 0.1) is 10.1 Å². The lowest BCUT2D eigenvalue weighted by Crippen LogP contribution is -2.42. The van der Waals surface area contributed by atoms with Crippen LogP contribution in [0.2, 0.25) is 0 Å². The van der Waals surface area contributed by atoms with Gasteiger partial charge in [-0.25, -0.2) is 0 Å². The molecular formula is C14H29NO3. The third kappa shape index (κ3) is 6.34. The van der Waals surface area contributed by atoms with E-state index in [9.17, 15) is 15.2 Å². The van der Waals surface area contributed by atoms with E-state index in [1.54, 1.807) is 0 Å². The molecule has 0 aliphatic heterocycles. The first kappa shape index (κ1) is 17.4. The van der Waals surface area contributed by atoms with Crippen molar-refractivity contribution in [2.75, 3.05) is 6.61 Å². The molecule has 0 aromatic rings. The molecule has 0 spiro atoms. The first-order valence-corrected chi connectivity index (χ1v) is 7.38. The fourth-order valence-corrected chi connectivity index (χ4v) is 2.29. The maximum Gasteiger partial charge on any atom is 0.244 e. The minimum Gasteiger partial charge on any atom is -0.389 e. The number of unbranched alkanes of at least 4 members (excludes halogenated alkanes) is 6. The van der Waals surface area contributed by atoms with Gasteiger partial charge in [-0.15, -0.1) is 0 Å². The highest BCUT2D eigenvalue weighted by molar-refractivity contribution is 4.78. The van der Waals surface area contributed by atoms with Gasteiger partial charge in [-0.05, 0) is 12.8 Å². The molecule has 0 saturated heterocycles. The number of nitro groups is 1. The number of hydrogen-bond acceptors (Lipinski definition) is 3. The van der Waals surface area contributed by atoms with Crippen molar-refractivity contribution in [2.24, 2.45) is 0 Å². The maximum atomic E-state index is 11.2. The van der Waals surface area contributed by atoms with Gasteiger partial charge in [0.05, 0.1) is 0 Å². The molecule has 0 fully saturated rings. The summed E-state index contributed by atoms with van der Waals surface area (Å²) in [6.07, 6.45) is 9.34. The summed E-state index contributed by atoms with van der Waals surface area (Å²) in [5.74, 6) is 0. The van der Waals surface area contributed by atoms with Crippen molar-refractivity contribution in [1.82, 2.24) is 0 Å². The molecule has 4 nitrogen and oxygen atoms in total. The average Bonchev–Trinajstić information content (AvgIpc) is 2.36. The Morgan fingerprint density at radius 2 is 1.39 bits per heavy atom. The van der Waals surface area contributed by atoms with Gasteiger partial charge < -0.3 is 5.11 Å². The zero-order chi connectivity index (χ0) is 13.9. The van der Waals surface area contributed by atoms with E-state index >= 15 is 0 Å². The quantitative estimate of drug-likeness (QED) is 0.328. The van der Waals surface area contributed by atoms with E-state index in [2.05, 4.69) is 13.8 Å². The Kier molecular flexibility index (Phi) is 9.93. The largest absolute Gasteiger partial charge is 0.389 e. The van der Waals surface area contributed by atoms with Crippen LogP contribution in [0.5, 0.6) is 0 Å². The Balaban J connectivity index is 4.15. The van der Waals surface area contributed by atoms with Crippen LogP contribution in [-0.4, -0.2) is 22.2 Å². The van der Waals surface area contributed by atoms with Crippen LogP contribution in [0.1, 0.15) is 78.1 Å². The molecule has 1 atom stereocenters. The number of hydrogen-bond donors (Lipinski definition) is 1. The van der Waals surface area contributed by atoms with Crippen molar-refractivity contribution in [1.29, 1.82) is 0 Å². The van der Waals surface area contributed by atoms with Crippen molar-refractivity contribution in [3.8, 4) is 0 Å². The monoisotopic (exact) mass is 259 g/mol. The Morgan fingerprint density at radius 3 is 1.83 bits per heavy atom. The molecule has 108 valence electrons. The van der Waals surface area contributed by atoms with Crippen LogP contribution >= 0.6 is 0 Å². The normalized spacial score (nSPS) is 14.4. The lowest BCUT2D eigenvalue weighted by molar-refractivity contribution is -0.576. The fourth-order valence-electron chi connectivity index (χ4n) is 2.29. The van der Waals surface area contributed by atoms with Gasteiger partial charge in [-0.1, -0.05) is 52.4 Å². The summed E-state index contributed by atoms with van der Waals surface area (Å²) in [7, 11) is 0. The Morgan fingerprint density at radius 1 is 0.944 bits per heavy atom. The standard InChI is InChI=1S/C14H29NO3/c1-3-5-7-8-10-12-14(13-16,15(17)18)11-9-6-4-2/h16H,3-13H2,1-2H3. The molecule has 0 radical (unpaired) electrons. The van der Waals surface area contributed by atoms with Crippen LogP contribution in [-0.2, 0) is 0 Å². The highest BCUT2D eigenvalue weighted by Gasteiger charge is 2.40. The highest BCUT2D eigenvalue weighted by Crippen LogP contribution is 2.25. The summed E-state index contributed by atoms with van der Waals surface area (Å²) in [6, 6.07) is 0. The van der Waals surface area contributed by atoms with Gasteiger partial charge in [0, 0.05) is 17.8 Å². The van der Waals surface area contributed by atoms with Gasteiger partial charge in [0.15, 0.2) is 0 Å². The average molecular weight is 259 g/mol. The molecular weight excluding hydrogens is 230 g/mol. The number of nitrogens with zero attached hydrogens (tertiary/aromatic N) is 1. The van der Waals surface area contributed by atoms with E-state index in [1.165, 1.54) is 12.8 Å². The van der Waals surface area contributed by atoms with Crippen LogP contribution in [0.25, 0.3) is 0 Å². The second kappa shape index (κ2) is 10.3.